The van der Waals surface area contributed by atoms with E-state index in [2.05, 4.69) is 22.5 Å². The van der Waals surface area contributed by atoms with Crippen molar-refractivity contribution in [1.29, 1.82) is 0 Å². The van der Waals surface area contributed by atoms with Crippen molar-refractivity contribution in [3.8, 4) is 0 Å². The SMILES string of the molecule is C=CCCC(=O)CSc1ccccc1Br. The number of carbonyl (C=O) groups is 1. The third-order valence-electron chi connectivity index (χ3n) is 1.85. The number of rotatable bonds is 6. The largest absolute Gasteiger partial charge is 0.299 e. The summed E-state index contributed by atoms with van der Waals surface area (Å²) in [5, 5.41) is 0. The first-order valence-corrected chi connectivity index (χ1v) is 6.52. The summed E-state index contributed by atoms with van der Waals surface area (Å²) in [6.07, 6.45) is 3.15. The van der Waals surface area contributed by atoms with Gasteiger partial charge >= 0.3 is 0 Å². The van der Waals surface area contributed by atoms with Crippen molar-refractivity contribution in [2.75, 3.05) is 5.75 Å². The lowest BCUT2D eigenvalue weighted by Crippen LogP contribution is -2.00. The molecule has 1 nitrogen and oxygen atoms in total. The Labute approximate surface area is 103 Å². The molecule has 15 heavy (non-hydrogen) atoms. The first-order valence-electron chi connectivity index (χ1n) is 4.74. The molecule has 0 spiro atoms. The summed E-state index contributed by atoms with van der Waals surface area (Å²) in [6, 6.07) is 7.93. The third kappa shape index (κ3) is 4.67. The van der Waals surface area contributed by atoms with Crippen molar-refractivity contribution in [1.82, 2.24) is 0 Å². The van der Waals surface area contributed by atoms with Crippen molar-refractivity contribution in [3.05, 3.63) is 41.4 Å². The minimum Gasteiger partial charge on any atom is -0.299 e. The van der Waals surface area contributed by atoms with E-state index in [0.717, 1.165) is 15.8 Å². The zero-order valence-electron chi connectivity index (χ0n) is 8.41. The van der Waals surface area contributed by atoms with Crippen LogP contribution in [0.5, 0.6) is 0 Å². The van der Waals surface area contributed by atoms with Gasteiger partial charge in [0.1, 0.15) is 5.78 Å². The molecule has 0 fully saturated rings. The second kappa shape index (κ2) is 6.85. The fraction of sp³-hybridized carbons (Fsp3) is 0.250. The molecule has 0 saturated heterocycles. The molecular formula is C12H13BrOS. The summed E-state index contributed by atoms with van der Waals surface area (Å²) in [7, 11) is 0. The van der Waals surface area contributed by atoms with Crippen molar-refractivity contribution >= 4 is 33.5 Å². The fourth-order valence-corrected chi connectivity index (χ4v) is 2.52. The Morgan fingerprint density at radius 3 is 2.87 bits per heavy atom. The Balaban J connectivity index is 2.40. The van der Waals surface area contributed by atoms with Gasteiger partial charge in [-0.1, -0.05) is 18.2 Å². The average molecular weight is 285 g/mol. The van der Waals surface area contributed by atoms with Gasteiger partial charge in [-0.25, -0.2) is 0 Å². The number of benzene rings is 1. The molecule has 0 unspecified atom stereocenters. The highest BCUT2D eigenvalue weighted by Gasteiger charge is 2.04. The van der Waals surface area contributed by atoms with Gasteiger partial charge in [0.2, 0.25) is 0 Å². The fourth-order valence-electron chi connectivity index (χ4n) is 1.06. The van der Waals surface area contributed by atoms with Gasteiger partial charge in [0, 0.05) is 15.8 Å². The molecule has 1 rings (SSSR count). The molecule has 80 valence electrons. The topological polar surface area (TPSA) is 17.1 Å². The van der Waals surface area contributed by atoms with Crippen LogP contribution >= 0.6 is 27.7 Å². The van der Waals surface area contributed by atoms with E-state index >= 15 is 0 Å². The summed E-state index contributed by atoms with van der Waals surface area (Å²) in [5.41, 5.74) is 0. The Morgan fingerprint density at radius 2 is 2.20 bits per heavy atom. The number of carbonyl (C=O) groups excluding carboxylic acids is 1. The van der Waals surface area contributed by atoms with Crippen LogP contribution in [0.4, 0.5) is 0 Å². The molecule has 0 atom stereocenters. The van der Waals surface area contributed by atoms with E-state index in [1.54, 1.807) is 17.8 Å². The van der Waals surface area contributed by atoms with Crippen molar-refractivity contribution < 1.29 is 4.79 Å². The number of ketones is 1. The molecule has 1 aromatic rings. The summed E-state index contributed by atoms with van der Waals surface area (Å²) in [6.45, 7) is 3.60. The van der Waals surface area contributed by atoms with Gasteiger partial charge in [-0.05, 0) is 34.5 Å². The highest BCUT2D eigenvalue weighted by atomic mass is 79.9. The van der Waals surface area contributed by atoms with E-state index in [1.807, 2.05) is 24.3 Å². The van der Waals surface area contributed by atoms with Crippen LogP contribution in [0.25, 0.3) is 0 Å². The second-order valence-corrected chi connectivity index (χ2v) is 4.96. The van der Waals surface area contributed by atoms with Gasteiger partial charge in [-0.3, -0.25) is 4.79 Å². The molecule has 0 bridgehead atoms. The summed E-state index contributed by atoms with van der Waals surface area (Å²) >= 11 is 5.03. The van der Waals surface area contributed by atoms with Crippen LogP contribution in [0, 0.1) is 0 Å². The van der Waals surface area contributed by atoms with E-state index in [0.29, 0.717) is 12.2 Å². The average Bonchev–Trinajstić information content (AvgIpc) is 2.25. The summed E-state index contributed by atoms with van der Waals surface area (Å²) in [4.78, 5) is 12.5. The van der Waals surface area contributed by atoms with Gasteiger partial charge in [0.05, 0.1) is 5.75 Å². The Bertz CT molecular complexity index is 349. The molecule has 0 aliphatic carbocycles. The quantitative estimate of drug-likeness (QED) is 0.578. The predicted octanol–water partition coefficient (Wildman–Crippen LogP) is 4.08. The summed E-state index contributed by atoms with van der Waals surface area (Å²) in [5.74, 6) is 0.812. The zero-order valence-corrected chi connectivity index (χ0v) is 10.8. The molecular weight excluding hydrogens is 272 g/mol. The lowest BCUT2D eigenvalue weighted by atomic mass is 10.2. The van der Waals surface area contributed by atoms with Gasteiger partial charge in [0.15, 0.2) is 0 Å². The molecule has 0 aliphatic heterocycles. The molecule has 0 N–H and O–H groups in total. The van der Waals surface area contributed by atoms with Gasteiger partial charge in [-0.15, -0.1) is 18.3 Å². The normalized spacial score (nSPS) is 9.93. The highest BCUT2D eigenvalue weighted by Crippen LogP contribution is 2.27. The van der Waals surface area contributed by atoms with Gasteiger partial charge in [0.25, 0.3) is 0 Å². The van der Waals surface area contributed by atoms with Crippen LogP contribution in [0.2, 0.25) is 0 Å². The lowest BCUT2D eigenvalue weighted by Gasteiger charge is -2.02. The number of hydrogen-bond acceptors (Lipinski definition) is 2. The van der Waals surface area contributed by atoms with E-state index in [4.69, 9.17) is 0 Å². The lowest BCUT2D eigenvalue weighted by molar-refractivity contribution is -0.116. The molecule has 0 aliphatic rings. The van der Waals surface area contributed by atoms with Crippen LogP contribution < -0.4 is 0 Å². The second-order valence-electron chi connectivity index (χ2n) is 3.09. The number of hydrogen-bond donors (Lipinski definition) is 0. The van der Waals surface area contributed by atoms with Crippen LogP contribution in [0.3, 0.4) is 0 Å². The number of halogens is 1. The van der Waals surface area contributed by atoms with Crippen LogP contribution in [-0.2, 0) is 4.79 Å². The first-order chi connectivity index (χ1) is 7.24. The van der Waals surface area contributed by atoms with Crippen LogP contribution in [0.1, 0.15) is 12.8 Å². The molecule has 0 aromatic heterocycles. The monoisotopic (exact) mass is 284 g/mol. The van der Waals surface area contributed by atoms with E-state index in [1.165, 1.54) is 0 Å². The molecule has 1 aromatic carbocycles. The third-order valence-corrected chi connectivity index (χ3v) is 3.94. The maximum atomic E-state index is 11.4. The standard InChI is InChI=1S/C12H13BrOS/c1-2-3-6-10(14)9-15-12-8-5-4-7-11(12)13/h2,4-5,7-8H,1,3,6,9H2. The van der Waals surface area contributed by atoms with Crippen molar-refractivity contribution in [2.45, 2.75) is 17.7 Å². The van der Waals surface area contributed by atoms with Gasteiger partial charge in [-0.2, -0.15) is 0 Å². The Morgan fingerprint density at radius 1 is 1.47 bits per heavy atom. The number of thioether (sulfide) groups is 1. The van der Waals surface area contributed by atoms with E-state index in [-0.39, 0.29) is 5.78 Å². The maximum Gasteiger partial charge on any atom is 0.143 e. The molecule has 0 heterocycles. The van der Waals surface area contributed by atoms with Crippen molar-refractivity contribution in [3.63, 3.8) is 0 Å². The minimum atomic E-state index is 0.274. The zero-order chi connectivity index (χ0) is 11.1. The first kappa shape index (κ1) is 12.5. The Kier molecular flexibility index (Phi) is 5.73. The van der Waals surface area contributed by atoms with E-state index < -0.39 is 0 Å². The minimum absolute atomic E-state index is 0.274. The van der Waals surface area contributed by atoms with Gasteiger partial charge < -0.3 is 0 Å². The van der Waals surface area contributed by atoms with Crippen LogP contribution in [0.15, 0.2) is 46.3 Å². The highest BCUT2D eigenvalue weighted by molar-refractivity contribution is 9.10. The predicted molar refractivity (Wildman–Crippen MR) is 69.3 cm³/mol. The molecule has 0 amide bonds. The smallest absolute Gasteiger partial charge is 0.143 e. The number of allylic oxidation sites excluding steroid dienone is 1. The van der Waals surface area contributed by atoms with Crippen LogP contribution in [-0.4, -0.2) is 11.5 Å². The van der Waals surface area contributed by atoms with E-state index in [9.17, 15) is 4.79 Å². The Hall–Kier alpha value is -0.540. The molecule has 0 saturated carbocycles. The number of Topliss-reactive ketones (excluding diaryl/α,β-unsaturated/α-hetero) is 1. The molecule has 0 radical (unpaired) electrons. The molecule has 3 heteroatoms. The maximum absolute atomic E-state index is 11.4. The van der Waals surface area contributed by atoms with Crippen molar-refractivity contribution in [2.24, 2.45) is 0 Å². The summed E-state index contributed by atoms with van der Waals surface area (Å²) < 4.78 is 1.05.